The maximum Gasteiger partial charge on any atom is 0.253 e. The molecule has 0 radical (unpaired) electrons. The molecule has 160 valence electrons. The van der Waals surface area contributed by atoms with E-state index in [0.717, 1.165) is 35.3 Å². The van der Waals surface area contributed by atoms with Crippen molar-refractivity contribution >= 4 is 17.4 Å². The fourth-order valence-electron chi connectivity index (χ4n) is 3.42. The van der Waals surface area contributed by atoms with Gasteiger partial charge >= 0.3 is 0 Å². The Morgan fingerprint density at radius 3 is 2.90 bits per heavy atom. The van der Waals surface area contributed by atoms with Crippen LogP contribution >= 0.6 is 0 Å². The number of pyridine rings is 1. The smallest absolute Gasteiger partial charge is 0.253 e. The van der Waals surface area contributed by atoms with Crippen LogP contribution in [0.4, 0.5) is 11.5 Å². The first kappa shape index (κ1) is 20.7. The molecule has 0 spiro atoms. The third-order valence-electron chi connectivity index (χ3n) is 5.08. The van der Waals surface area contributed by atoms with Gasteiger partial charge in [0.15, 0.2) is 0 Å². The first-order chi connectivity index (χ1) is 15.1. The van der Waals surface area contributed by atoms with Crippen molar-refractivity contribution in [2.75, 3.05) is 17.2 Å². The van der Waals surface area contributed by atoms with Crippen LogP contribution in [0.1, 0.15) is 31.0 Å². The van der Waals surface area contributed by atoms with Crippen molar-refractivity contribution in [3.8, 4) is 11.4 Å². The van der Waals surface area contributed by atoms with Crippen molar-refractivity contribution < 1.29 is 9.53 Å². The lowest BCUT2D eigenvalue weighted by atomic mass is 10.2. The monoisotopic (exact) mass is 419 g/mol. The number of carbonyl (C=O) groups excluding carboxylic acids is 1. The molecule has 1 fully saturated rings. The number of nitrogens with zero attached hydrogens (tertiary/aromatic N) is 2. The predicted molar refractivity (Wildman–Crippen MR) is 119 cm³/mol. The minimum Gasteiger partial charge on any atom is -0.368 e. The second-order valence-corrected chi connectivity index (χ2v) is 7.42. The highest BCUT2D eigenvalue weighted by atomic mass is 16.5. The molecule has 1 saturated heterocycles. The van der Waals surface area contributed by atoms with Crippen LogP contribution in [0.15, 0.2) is 53.5 Å². The molecule has 1 amide bonds. The van der Waals surface area contributed by atoms with Gasteiger partial charge in [-0.1, -0.05) is 19.1 Å². The van der Waals surface area contributed by atoms with E-state index in [-0.39, 0.29) is 17.6 Å². The molecule has 8 heteroatoms. The van der Waals surface area contributed by atoms with Crippen LogP contribution in [0.2, 0.25) is 0 Å². The second-order valence-electron chi connectivity index (χ2n) is 7.42. The summed E-state index contributed by atoms with van der Waals surface area (Å²) in [4.78, 5) is 35.6. The lowest BCUT2D eigenvalue weighted by Gasteiger charge is -2.12. The van der Waals surface area contributed by atoms with E-state index in [1.807, 2.05) is 43.3 Å². The zero-order chi connectivity index (χ0) is 21.6. The SMILES string of the molecule is CCc1cc(=O)[nH]c(-c2ccc(NCc3cccc(NC(=O)C4CCCO4)c3)nc2)n1. The van der Waals surface area contributed by atoms with Crippen molar-refractivity contribution in [2.24, 2.45) is 0 Å². The quantitative estimate of drug-likeness (QED) is 0.543. The summed E-state index contributed by atoms with van der Waals surface area (Å²) in [5, 5.41) is 6.19. The number of rotatable bonds is 7. The molecule has 0 bridgehead atoms. The minimum absolute atomic E-state index is 0.0985. The van der Waals surface area contributed by atoms with Crippen LogP contribution in [0.25, 0.3) is 11.4 Å². The van der Waals surface area contributed by atoms with Gasteiger partial charge in [0, 0.05) is 42.4 Å². The Bertz CT molecular complexity index is 1100. The van der Waals surface area contributed by atoms with E-state index in [9.17, 15) is 9.59 Å². The van der Waals surface area contributed by atoms with Gasteiger partial charge in [0.25, 0.3) is 11.5 Å². The standard InChI is InChI=1S/C23H25N5O3/c1-2-17-12-21(29)28-22(26-17)16-8-9-20(25-14-16)24-13-15-5-3-6-18(11-15)27-23(30)19-7-4-10-31-19/h3,5-6,8-9,11-12,14,19H,2,4,7,10,13H2,1H3,(H,24,25)(H,27,30)(H,26,28,29). The summed E-state index contributed by atoms with van der Waals surface area (Å²) in [6.07, 6.45) is 3.70. The highest BCUT2D eigenvalue weighted by molar-refractivity contribution is 5.94. The van der Waals surface area contributed by atoms with Crippen LogP contribution in [0, 0.1) is 0 Å². The highest BCUT2D eigenvalue weighted by Crippen LogP contribution is 2.18. The molecule has 4 rings (SSSR count). The first-order valence-corrected chi connectivity index (χ1v) is 10.4. The van der Waals surface area contributed by atoms with Crippen molar-refractivity contribution in [3.05, 3.63) is 70.3 Å². The Labute approximate surface area is 180 Å². The lowest BCUT2D eigenvalue weighted by Crippen LogP contribution is -2.26. The van der Waals surface area contributed by atoms with Gasteiger partial charge in [-0.15, -0.1) is 0 Å². The van der Waals surface area contributed by atoms with Crippen molar-refractivity contribution in [2.45, 2.75) is 38.8 Å². The molecule has 0 aliphatic carbocycles. The Morgan fingerprint density at radius 2 is 2.16 bits per heavy atom. The Hall–Kier alpha value is -3.52. The zero-order valence-corrected chi connectivity index (χ0v) is 17.4. The molecular formula is C23H25N5O3. The van der Waals surface area contributed by atoms with Crippen molar-refractivity contribution in [3.63, 3.8) is 0 Å². The predicted octanol–water partition coefficient (Wildman–Crippen LogP) is 3.12. The van der Waals surface area contributed by atoms with E-state index in [2.05, 4.69) is 25.6 Å². The summed E-state index contributed by atoms with van der Waals surface area (Å²) in [6.45, 7) is 3.15. The largest absolute Gasteiger partial charge is 0.368 e. The fourth-order valence-corrected chi connectivity index (χ4v) is 3.42. The van der Waals surface area contributed by atoms with E-state index in [1.165, 1.54) is 6.07 Å². The van der Waals surface area contributed by atoms with E-state index in [0.29, 0.717) is 31.2 Å². The number of carbonyl (C=O) groups is 1. The van der Waals surface area contributed by atoms with Gasteiger partial charge in [0.05, 0.1) is 0 Å². The normalized spacial score (nSPS) is 15.6. The average molecular weight is 419 g/mol. The van der Waals surface area contributed by atoms with Crippen LogP contribution in [-0.2, 0) is 22.5 Å². The molecule has 0 saturated carbocycles. The summed E-state index contributed by atoms with van der Waals surface area (Å²) in [7, 11) is 0. The molecule has 2 aromatic heterocycles. The molecule has 1 unspecified atom stereocenters. The minimum atomic E-state index is -0.355. The number of H-pyrrole nitrogens is 1. The number of aromatic nitrogens is 3. The molecule has 8 nitrogen and oxygen atoms in total. The number of amides is 1. The van der Waals surface area contributed by atoms with Gasteiger partial charge in [-0.3, -0.25) is 9.59 Å². The third kappa shape index (κ3) is 5.35. The van der Waals surface area contributed by atoms with Crippen LogP contribution < -0.4 is 16.2 Å². The van der Waals surface area contributed by atoms with Crippen LogP contribution in [-0.4, -0.2) is 33.6 Å². The summed E-state index contributed by atoms with van der Waals surface area (Å²) >= 11 is 0. The number of hydrogen-bond acceptors (Lipinski definition) is 6. The van der Waals surface area contributed by atoms with Gasteiger partial charge < -0.3 is 20.4 Å². The van der Waals surface area contributed by atoms with Gasteiger partial charge in [0.1, 0.15) is 17.7 Å². The number of benzene rings is 1. The van der Waals surface area contributed by atoms with Gasteiger partial charge in [0.2, 0.25) is 0 Å². The molecule has 3 aromatic rings. The second kappa shape index (κ2) is 9.53. The van der Waals surface area contributed by atoms with Gasteiger partial charge in [-0.2, -0.15) is 0 Å². The molecule has 1 aliphatic heterocycles. The van der Waals surface area contributed by atoms with Crippen molar-refractivity contribution in [1.29, 1.82) is 0 Å². The molecular weight excluding hydrogens is 394 g/mol. The van der Waals surface area contributed by atoms with Crippen molar-refractivity contribution in [1.82, 2.24) is 15.0 Å². The number of aromatic amines is 1. The summed E-state index contributed by atoms with van der Waals surface area (Å²) in [5.41, 5.74) is 3.08. The zero-order valence-electron chi connectivity index (χ0n) is 17.4. The number of ether oxygens (including phenoxy) is 1. The molecule has 1 aromatic carbocycles. The Morgan fingerprint density at radius 1 is 1.26 bits per heavy atom. The highest BCUT2D eigenvalue weighted by Gasteiger charge is 2.23. The Balaban J connectivity index is 1.38. The van der Waals surface area contributed by atoms with E-state index in [4.69, 9.17) is 4.74 Å². The van der Waals surface area contributed by atoms with E-state index < -0.39 is 0 Å². The number of nitrogens with one attached hydrogen (secondary N) is 3. The maximum atomic E-state index is 12.2. The number of anilines is 2. The van der Waals surface area contributed by atoms with Crippen LogP contribution in [0.5, 0.6) is 0 Å². The molecule has 3 N–H and O–H groups in total. The van der Waals surface area contributed by atoms with Gasteiger partial charge in [-0.25, -0.2) is 9.97 Å². The summed E-state index contributed by atoms with van der Waals surface area (Å²) in [6, 6.07) is 12.9. The molecule has 1 aliphatic rings. The summed E-state index contributed by atoms with van der Waals surface area (Å²) < 4.78 is 5.43. The van der Waals surface area contributed by atoms with E-state index >= 15 is 0 Å². The van der Waals surface area contributed by atoms with Gasteiger partial charge in [-0.05, 0) is 49.1 Å². The fraction of sp³-hybridized carbons (Fsp3) is 0.304. The number of aryl methyl sites for hydroxylation is 1. The van der Waals surface area contributed by atoms with E-state index in [1.54, 1.807) is 6.20 Å². The summed E-state index contributed by atoms with van der Waals surface area (Å²) in [5.74, 6) is 1.11. The third-order valence-corrected chi connectivity index (χ3v) is 5.08. The topological polar surface area (TPSA) is 109 Å². The maximum absolute atomic E-state index is 12.2. The average Bonchev–Trinajstić information content (AvgIpc) is 3.33. The lowest BCUT2D eigenvalue weighted by molar-refractivity contribution is -0.124. The molecule has 1 atom stereocenters. The Kier molecular flexibility index (Phi) is 6.37. The first-order valence-electron chi connectivity index (χ1n) is 10.4. The number of hydrogen-bond donors (Lipinski definition) is 3. The molecule has 31 heavy (non-hydrogen) atoms. The van der Waals surface area contributed by atoms with Crippen LogP contribution in [0.3, 0.4) is 0 Å². The molecule has 3 heterocycles.